The maximum Gasteiger partial charge on any atom is 0.262 e. The normalized spacial score (nSPS) is 12.5. The number of carbonyl (C=O) groups excluding carboxylic acids is 1. The molecule has 0 atom stereocenters. The molecule has 1 N–H and O–H groups in total. The molecule has 0 aliphatic carbocycles. The lowest BCUT2D eigenvalue weighted by Gasteiger charge is -2.12. The summed E-state index contributed by atoms with van der Waals surface area (Å²) in [5, 5.41) is 12.4. The molecule has 6 nitrogen and oxygen atoms in total. The highest BCUT2D eigenvalue weighted by Gasteiger charge is 2.16. The van der Waals surface area contributed by atoms with Gasteiger partial charge in [-0.05, 0) is 86.4 Å². The van der Waals surface area contributed by atoms with Crippen molar-refractivity contribution in [1.29, 1.82) is 5.26 Å². The Morgan fingerprint density at radius 1 is 1.06 bits per heavy atom. The Morgan fingerprint density at radius 2 is 1.78 bits per heavy atom. The highest BCUT2D eigenvalue weighted by molar-refractivity contribution is 6.01. The van der Waals surface area contributed by atoms with E-state index in [9.17, 15) is 10.1 Å². The van der Waals surface area contributed by atoms with E-state index in [0.717, 1.165) is 28.2 Å². The van der Waals surface area contributed by atoms with Crippen molar-refractivity contribution in [2.45, 2.75) is 34.2 Å². The average Bonchev–Trinajstić information content (AvgIpc) is 3.32. The van der Waals surface area contributed by atoms with Crippen molar-refractivity contribution in [1.82, 2.24) is 9.88 Å². The van der Waals surface area contributed by atoms with Crippen LogP contribution in [0.15, 0.2) is 48.0 Å². The molecular formula is C26H25N3O3. The SMILES string of the molecule is Cc1cc(C)cc(-n2c(C)cc(/C=C(\C#N)C(=O)NCc3ccc4c(c3)OCO4)c2C)c1. The van der Waals surface area contributed by atoms with Crippen molar-refractivity contribution < 1.29 is 14.3 Å². The number of rotatable bonds is 5. The van der Waals surface area contributed by atoms with Crippen LogP contribution in [0.1, 0.15) is 33.6 Å². The predicted molar refractivity (Wildman–Crippen MR) is 123 cm³/mol. The van der Waals surface area contributed by atoms with Crippen LogP contribution in [0.3, 0.4) is 0 Å². The molecule has 1 amide bonds. The van der Waals surface area contributed by atoms with E-state index in [1.807, 2.05) is 44.2 Å². The molecule has 0 radical (unpaired) electrons. The smallest absolute Gasteiger partial charge is 0.262 e. The van der Waals surface area contributed by atoms with Gasteiger partial charge in [-0.1, -0.05) is 12.1 Å². The van der Waals surface area contributed by atoms with E-state index in [2.05, 4.69) is 41.9 Å². The molecule has 0 unspecified atom stereocenters. The van der Waals surface area contributed by atoms with Crippen LogP contribution >= 0.6 is 0 Å². The lowest BCUT2D eigenvalue weighted by atomic mass is 10.1. The molecule has 4 rings (SSSR count). The number of fused-ring (bicyclic) bond motifs is 1. The van der Waals surface area contributed by atoms with E-state index in [4.69, 9.17) is 9.47 Å². The highest BCUT2D eigenvalue weighted by Crippen LogP contribution is 2.32. The summed E-state index contributed by atoms with van der Waals surface area (Å²) in [5.74, 6) is 0.935. The van der Waals surface area contributed by atoms with Gasteiger partial charge in [0.1, 0.15) is 11.6 Å². The minimum atomic E-state index is -0.415. The second-order valence-electron chi connectivity index (χ2n) is 8.05. The van der Waals surface area contributed by atoms with Crippen LogP contribution in [-0.2, 0) is 11.3 Å². The van der Waals surface area contributed by atoms with Gasteiger partial charge in [0.05, 0.1) is 0 Å². The summed E-state index contributed by atoms with van der Waals surface area (Å²) >= 11 is 0. The largest absolute Gasteiger partial charge is 0.454 e. The van der Waals surface area contributed by atoms with Gasteiger partial charge in [-0.15, -0.1) is 0 Å². The Kier molecular flexibility index (Phi) is 5.74. The lowest BCUT2D eigenvalue weighted by molar-refractivity contribution is -0.117. The molecule has 1 aromatic heterocycles. The van der Waals surface area contributed by atoms with Gasteiger partial charge in [0.2, 0.25) is 6.79 Å². The lowest BCUT2D eigenvalue weighted by Crippen LogP contribution is -2.23. The molecule has 32 heavy (non-hydrogen) atoms. The predicted octanol–water partition coefficient (Wildman–Crippen LogP) is 4.66. The van der Waals surface area contributed by atoms with Gasteiger partial charge in [-0.3, -0.25) is 4.79 Å². The van der Waals surface area contributed by atoms with Crippen LogP contribution in [-0.4, -0.2) is 17.3 Å². The summed E-state index contributed by atoms with van der Waals surface area (Å²) in [4.78, 5) is 12.7. The number of nitrogens with zero attached hydrogens (tertiary/aromatic N) is 2. The summed E-state index contributed by atoms with van der Waals surface area (Å²) < 4.78 is 12.8. The fourth-order valence-corrected chi connectivity index (χ4v) is 4.04. The number of benzene rings is 2. The zero-order chi connectivity index (χ0) is 22.8. The van der Waals surface area contributed by atoms with Crippen molar-refractivity contribution in [2.75, 3.05) is 6.79 Å². The first kappa shape index (κ1) is 21.3. The zero-order valence-corrected chi connectivity index (χ0v) is 18.7. The van der Waals surface area contributed by atoms with Crippen molar-refractivity contribution in [3.05, 3.63) is 81.7 Å². The number of amides is 1. The van der Waals surface area contributed by atoms with E-state index >= 15 is 0 Å². The molecule has 1 aliphatic heterocycles. The van der Waals surface area contributed by atoms with Crippen molar-refractivity contribution >= 4 is 12.0 Å². The van der Waals surface area contributed by atoms with Crippen molar-refractivity contribution in [2.24, 2.45) is 0 Å². The molecule has 2 heterocycles. The van der Waals surface area contributed by atoms with Crippen molar-refractivity contribution in [3.8, 4) is 23.3 Å². The first-order valence-electron chi connectivity index (χ1n) is 10.4. The second-order valence-corrected chi connectivity index (χ2v) is 8.05. The van der Waals surface area contributed by atoms with Crippen LogP contribution in [0.5, 0.6) is 11.5 Å². The Balaban J connectivity index is 1.55. The molecule has 1 aliphatic rings. The quantitative estimate of drug-likeness (QED) is 0.474. The molecule has 0 fully saturated rings. The Bertz CT molecular complexity index is 1260. The average molecular weight is 428 g/mol. The number of hydrogen-bond acceptors (Lipinski definition) is 4. The summed E-state index contributed by atoms with van der Waals surface area (Å²) in [7, 11) is 0. The molecular weight excluding hydrogens is 402 g/mol. The first-order chi connectivity index (χ1) is 15.4. The number of aryl methyl sites for hydroxylation is 3. The molecule has 0 spiro atoms. The molecule has 0 saturated heterocycles. The molecule has 0 bridgehead atoms. The van der Waals surface area contributed by atoms with Gasteiger partial charge in [-0.25, -0.2) is 0 Å². The summed E-state index contributed by atoms with van der Waals surface area (Å²) in [6, 6.07) is 15.9. The second kappa shape index (κ2) is 8.64. The van der Waals surface area contributed by atoms with Crippen LogP contribution < -0.4 is 14.8 Å². The van der Waals surface area contributed by atoms with Gasteiger partial charge in [0, 0.05) is 23.6 Å². The monoisotopic (exact) mass is 427 g/mol. The minimum absolute atomic E-state index is 0.0615. The molecule has 0 saturated carbocycles. The van der Waals surface area contributed by atoms with Gasteiger partial charge in [-0.2, -0.15) is 5.26 Å². The maximum absolute atomic E-state index is 12.7. The third-order valence-electron chi connectivity index (χ3n) is 5.49. The fraction of sp³-hybridized carbons (Fsp3) is 0.231. The summed E-state index contributed by atoms with van der Waals surface area (Å²) in [6.07, 6.45) is 1.65. The number of hydrogen-bond donors (Lipinski definition) is 1. The topological polar surface area (TPSA) is 76.3 Å². The van der Waals surface area contributed by atoms with Gasteiger partial charge in [0.15, 0.2) is 11.5 Å². The van der Waals surface area contributed by atoms with Gasteiger partial charge in [0.25, 0.3) is 5.91 Å². The van der Waals surface area contributed by atoms with E-state index < -0.39 is 5.91 Å². The minimum Gasteiger partial charge on any atom is -0.454 e. The van der Waals surface area contributed by atoms with E-state index in [0.29, 0.717) is 11.5 Å². The molecule has 3 aromatic rings. The van der Waals surface area contributed by atoms with E-state index in [1.54, 1.807) is 6.08 Å². The van der Waals surface area contributed by atoms with Crippen molar-refractivity contribution in [3.63, 3.8) is 0 Å². The molecule has 6 heteroatoms. The number of aromatic nitrogens is 1. The molecule has 2 aromatic carbocycles. The Morgan fingerprint density at radius 3 is 2.50 bits per heavy atom. The Hall–Kier alpha value is -3.98. The standard InChI is InChI=1S/C26H25N3O3/c1-16-7-17(2)9-23(8-16)29-18(3)10-21(19(29)4)12-22(13-27)26(30)28-14-20-5-6-24-25(11-20)32-15-31-24/h5-12H,14-15H2,1-4H3,(H,28,30)/b22-12+. The van der Waals surface area contributed by atoms with Crippen LogP contribution in [0.2, 0.25) is 0 Å². The van der Waals surface area contributed by atoms with Gasteiger partial charge < -0.3 is 19.4 Å². The highest BCUT2D eigenvalue weighted by atomic mass is 16.7. The van der Waals surface area contributed by atoms with Crippen LogP contribution in [0, 0.1) is 39.0 Å². The summed E-state index contributed by atoms with van der Waals surface area (Å²) in [5.41, 5.74) is 7.23. The van der Waals surface area contributed by atoms with Crippen LogP contribution in [0.25, 0.3) is 11.8 Å². The third-order valence-corrected chi connectivity index (χ3v) is 5.49. The van der Waals surface area contributed by atoms with Crippen LogP contribution in [0.4, 0.5) is 0 Å². The zero-order valence-electron chi connectivity index (χ0n) is 18.7. The molecule has 162 valence electrons. The Labute approximate surface area is 187 Å². The van der Waals surface area contributed by atoms with E-state index in [1.165, 1.54) is 11.1 Å². The number of nitrogens with one attached hydrogen (secondary N) is 1. The maximum atomic E-state index is 12.7. The van der Waals surface area contributed by atoms with Gasteiger partial charge >= 0.3 is 0 Å². The number of nitriles is 1. The number of carbonyl (C=O) groups is 1. The first-order valence-corrected chi connectivity index (χ1v) is 10.4. The van der Waals surface area contributed by atoms with E-state index in [-0.39, 0.29) is 18.9 Å². The number of ether oxygens (including phenoxy) is 2. The summed E-state index contributed by atoms with van der Waals surface area (Å²) in [6.45, 7) is 8.65. The fourth-order valence-electron chi connectivity index (χ4n) is 4.04. The third kappa shape index (κ3) is 4.23.